The highest BCUT2D eigenvalue weighted by Crippen LogP contribution is 2.44. The zero-order chi connectivity index (χ0) is 22.0. The van der Waals surface area contributed by atoms with E-state index in [1.165, 1.54) is 39.0 Å². The number of unbranched alkanes of at least 4 members (excludes halogenated alkanes) is 1. The summed E-state index contributed by atoms with van der Waals surface area (Å²) in [7, 11) is 4.15. The van der Waals surface area contributed by atoms with Gasteiger partial charge in [0.2, 0.25) is 5.69 Å². The van der Waals surface area contributed by atoms with Crippen molar-refractivity contribution in [2.75, 3.05) is 31.3 Å². The van der Waals surface area contributed by atoms with E-state index in [0.29, 0.717) is 0 Å². The van der Waals surface area contributed by atoms with Gasteiger partial charge in [0, 0.05) is 43.9 Å². The average molecular weight is 430 g/mol. The molecule has 1 aliphatic rings. The molecule has 160 valence electrons. The number of anilines is 1. The second kappa shape index (κ2) is 8.92. The largest absolute Gasteiger partial charge is 0.378 e. The van der Waals surface area contributed by atoms with E-state index in [1.807, 2.05) is 0 Å². The average Bonchev–Trinajstić information content (AvgIpc) is 2.99. The van der Waals surface area contributed by atoms with E-state index < -0.39 is 0 Å². The number of allylic oxidation sites excluding steroid dienone is 1. The van der Waals surface area contributed by atoms with Crippen LogP contribution in [0.4, 0.5) is 11.4 Å². The van der Waals surface area contributed by atoms with Crippen LogP contribution >= 0.6 is 12.6 Å². The second-order valence-corrected chi connectivity index (χ2v) is 9.54. The smallest absolute Gasteiger partial charge is 0.210 e. The third kappa shape index (κ3) is 4.16. The Kier molecular flexibility index (Phi) is 6.24. The van der Waals surface area contributed by atoms with Gasteiger partial charge < -0.3 is 4.90 Å². The van der Waals surface area contributed by atoms with Gasteiger partial charge in [0.05, 0.1) is 5.41 Å². The Labute approximate surface area is 192 Å². The minimum atomic E-state index is -0.0583. The summed E-state index contributed by atoms with van der Waals surface area (Å²) in [6.07, 6.45) is 6.86. The van der Waals surface area contributed by atoms with Gasteiger partial charge in [-0.3, -0.25) is 0 Å². The number of thiol groups is 1. The first-order valence-corrected chi connectivity index (χ1v) is 11.8. The van der Waals surface area contributed by atoms with Crippen molar-refractivity contribution in [1.82, 2.24) is 0 Å². The highest BCUT2D eigenvalue weighted by atomic mass is 32.1. The zero-order valence-corrected chi connectivity index (χ0v) is 20.0. The minimum absolute atomic E-state index is 0.0583. The first kappa shape index (κ1) is 21.7. The number of hydrogen-bond donors (Lipinski definition) is 1. The van der Waals surface area contributed by atoms with Crippen molar-refractivity contribution < 1.29 is 4.58 Å². The molecule has 0 N–H and O–H groups in total. The molecule has 0 spiro atoms. The van der Waals surface area contributed by atoms with E-state index in [0.717, 1.165) is 25.1 Å². The molecule has 0 saturated carbocycles. The van der Waals surface area contributed by atoms with Gasteiger partial charge in [-0.05, 0) is 66.6 Å². The first-order chi connectivity index (χ1) is 14.9. The van der Waals surface area contributed by atoms with Crippen molar-refractivity contribution in [3.63, 3.8) is 0 Å². The van der Waals surface area contributed by atoms with Crippen LogP contribution in [0, 0.1) is 0 Å². The third-order valence-corrected chi connectivity index (χ3v) is 6.70. The molecule has 3 aromatic carbocycles. The Morgan fingerprint density at radius 1 is 0.903 bits per heavy atom. The molecule has 1 heterocycles. The third-order valence-electron chi connectivity index (χ3n) is 6.39. The normalized spacial score (nSPS) is 15.1. The lowest BCUT2D eigenvalue weighted by Crippen LogP contribution is -2.28. The Hall–Kier alpha value is -2.52. The van der Waals surface area contributed by atoms with Crippen LogP contribution in [0.5, 0.6) is 0 Å². The van der Waals surface area contributed by atoms with Crippen molar-refractivity contribution in [2.24, 2.45) is 0 Å². The fourth-order valence-corrected chi connectivity index (χ4v) is 4.94. The standard InChI is InChI=1S/C28H32N2S/c1-28(2)26(18-13-21-11-15-23(16-12-21)29(3)4)30(19-7-8-20-31)25-17-14-22-9-5-6-10-24(22)27(25)28/h5-6,9-18H,7-8,19-20H2,1-4H3/p+1. The molecular formula is C28H33N2S+. The fourth-order valence-electron chi connectivity index (χ4n) is 4.72. The van der Waals surface area contributed by atoms with Crippen LogP contribution in [-0.4, -0.2) is 36.7 Å². The molecule has 0 saturated heterocycles. The Bertz CT molecular complexity index is 1140. The number of rotatable bonds is 7. The van der Waals surface area contributed by atoms with Gasteiger partial charge in [-0.15, -0.1) is 0 Å². The molecule has 0 fully saturated rings. The van der Waals surface area contributed by atoms with Crippen molar-refractivity contribution in [1.29, 1.82) is 0 Å². The summed E-state index contributed by atoms with van der Waals surface area (Å²) in [6.45, 7) is 5.76. The van der Waals surface area contributed by atoms with Crippen LogP contribution in [0.15, 0.2) is 66.7 Å². The Morgan fingerprint density at radius 3 is 2.35 bits per heavy atom. The molecule has 2 nitrogen and oxygen atoms in total. The van der Waals surface area contributed by atoms with E-state index in [2.05, 4.69) is 123 Å². The first-order valence-electron chi connectivity index (χ1n) is 11.2. The quantitative estimate of drug-likeness (QED) is 0.249. The molecule has 0 aromatic heterocycles. The molecule has 0 atom stereocenters. The minimum Gasteiger partial charge on any atom is -0.378 e. The fraction of sp³-hybridized carbons (Fsp3) is 0.321. The predicted molar refractivity (Wildman–Crippen MR) is 140 cm³/mol. The number of fused-ring (bicyclic) bond motifs is 3. The van der Waals surface area contributed by atoms with Gasteiger partial charge in [-0.25, -0.2) is 0 Å². The van der Waals surface area contributed by atoms with Crippen LogP contribution in [0.1, 0.15) is 37.8 Å². The van der Waals surface area contributed by atoms with E-state index in [1.54, 1.807) is 0 Å². The lowest BCUT2D eigenvalue weighted by Gasteiger charge is -2.17. The molecule has 4 rings (SSSR count). The summed E-state index contributed by atoms with van der Waals surface area (Å²) in [4.78, 5) is 2.13. The molecule has 31 heavy (non-hydrogen) atoms. The van der Waals surface area contributed by atoms with Crippen molar-refractivity contribution >= 4 is 46.6 Å². The summed E-state index contributed by atoms with van der Waals surface area (Å²) in [5.41, 5.74) is 6.56. The topological polar surface area (TPSA) is 6.25 Å². The van der Waals surface area contributed by atoms with Crippen LogP contribution in [0.2, 0.25) is 0 Å². The zero-order valence-electron chi connectivity index (χ0n) is 19.1. The summed E-state index contributed by atoms with van der Waals surface area (Å²) in [6, 6.07) is 22.1. The van der Waals surface area contributed by atoms with E-state index in [4.69, 9.17) is 0 Å². The maximum absolute atomic E-state index is 4.43. The molecule has 0 bridgehead atoms. The molecule has 0 radical (unpaired) electrons. The van der Waals surface area contributed by atoms with Crippen LogP contribution in [-0.2, 0) is 5.41 Å². The van der Waals surface area contributed by atoms with Gasteiger partial charge in [0.25, 0.3) is 0 Å². The van der Waals surface area contributed by atoms with E-state index in [-0.39, 0.29) is 5.41 Å². The van der Waals surface area contributed by atoms with E-state index in [9.17, 15) is 0 Å². The highest BCUT2D eigenvalue weighted by molar-refractivity contribution is 7.80. The van der Waals surface area contributed by atoms with Gasteiger partial charge in [-0.1, -0.05) is 36.4 Å². The number of nitrogens with zero attached hydrogens (tertiary/aromatic N) is 2. The number of benzene rings is 3. The highest BCUT2D eigenvalue weighted by Gasteiger charge is 2.45. The van der Waals surface area contributed by atoms with Crippen LogP contribution in [0.25, 0.3) is 16.8 Å². The maximum atomic E-state index is 4.43. The van der Waals surface area contributed by atoms with Crippen LogP contribution in [0.3, 0.4) is 0 Å². The van der Waals surface area contributed by atoms with Gasteiger partial charge in [0.1, 0.15) is 6.54 Å². The van der Waals surface area contributed by atoms with Crippen molar-refractivity contribution in [3.8, 4) is 0 Å². The van der Waals surface area contributed by atoms with Crippen molar-refractivity contribution in [3.05, 3.63) is 77.9 Å². The monoisotopic (exact) mass is 429 g/mol. The Morgan fingerprint density at radius 2 is 1.65 bits per heavy atom. The van der Waals surface area contributed by atoms with Gasteiger partial charge in [-0.2, -0.15) is 17.2 Å². The number of hydrogen-bond acceptors (Lipinski definition) is 2. The second-order valence-electron chi connectivity index (χ2n) is 9.09. The summed E-state index contributed by atoms with van der Waals surface area (Å²) < 4.78 is 2.54. The summed E-state index contributed by atoms with van der Waals surface area (Å²) in [5.74, 6) is 0.936. The van der Waals surface area contributed by atoms with Gasteiger partial charge >= 0.3 is 0 Å². The van der Waals surface area contributed by atoms with Crippen LogP contribution < -0.4 is 4.90 Å². The lowest BCUT2D eigenvalue weighted by atomic mass is 9.79. The van der Waals surface area contributed by atoms with Crippen molar-refractivity contribution in [2.45, 2.75) is 32.1 Å². The SMILES string of the molecule is CN(C)c1ccc(/C=C/C2=[N+](CCCCS)c3ccc4ccccc4c3C2(C)C)cc1. The molecule has 1 aliphatic heterocycles. The summed E-state index contributed by atoms with van der Waals surface area (Å²) in [5, 5.41) is 2.68. The Balaban J connectivity index is 1.78. The lowest BCUT2D eigenvalue weighted by molar-refractivity contribution is -0.438. The molecule has 0 unspecified atom stereocenters. The molecule has 3 heteroatoms. The summed E-state index contributed by atoms with van der Waals surface area (Å²) >= 11 is 4.43. The maximum Gasteiger partial charge on any atom is 0.210 e. The molecular weight excluding hydrogens is 396 g/mol. The molecule has 3 aromatic rings. The molecule has 0 aliphatic carbocycles. The molecule has 0 amide bonds. The predicted octanol–water partition coefficient (Wildman–Crippen LogP) is 6.71. The van der Waals surface area contributed by atoms with E-state index >= 15 is 0 Å². The van der Waals surface area contributed by atoms with Gasteiger partial charge in [0.15, 0.2) is 5.71 Å².